The topological polar surface area (TPSA) is 72.4 Å². The smallest absolute Gasteiger partial charge is 0.292 e. The van der Waals surface area contributed by atoms with Crippen LogP contribution in [0.2, 0.25) is 0 Å². The van der Waals surface area contributed by atoms with Gasteiger partial charge in [-0.3, -0.25) is 9.59 Å². The summed E-state index contributed by atoms with van der Waals surface area (Å²) >= 11 is 0. The molecule has 1 aliphatic rings. The molecule has 0 aliphatic carbocycles. The molecule has 6 heteroatoms. The van der Waals surface area contributed by atoms with E-state index >= 15 is 0 Å². The summed E-state index contributed by atoms with van der Waals surface area (Å²) in [5.74, 6) is 1.13. The molecule has 1 atom stereocenters. The lowest BCUT2D eigenvalue weighted by atomic mass is 10.2. The summed E-state index contributed by atoms with van der Waals surface area (Å²) in [6.45, 7) is 0.629. The van der Waals surface area contributed by atoms with E-state index in [1.807, 2.05) is 29.6 Å². The van der Waals surface area contributed by atoms with Crippen LogP contribution in [0, 0.1) is 0 Å². The van der Waals surface area contributed by atoms with Gasteiger partial charge in [-0.1, -0.05) is 0 Å². The number of ether oxygens (including phenoxy) is 2. The molecule has 2 aromatic carbocycles. The number of carbonyl (C=O) groups excluding carboxylic acids is 2. The summed E-state index contributed by atoms with van der Waals surface area (Å²) in [7, 11) is 3.20. The number of nitrogens with two attached hydrogens (primary N) is 1. The predicted octanol–water partition coefficient (Wildman–Crippen LogP) is 1.10. The van der Waals surface area contributed by atoms with E-state index in [0.717, 1.165) is 11.3 Å². The van der Waals surface area contributed by atoms with Crippen LogP contribution >= 0.6 is 0 Å². The maximum atomic E-state index is 12.6. The minimum atomic E-state index is -0.392. The van der Waals surface area contributed by atoms with Gasteiger partial charge in [0.2, 0.25) is 5.91 Å². The normalized spacial score (nSPS) is 17.0. The number of hydrogen-bond acceptors (Lipinski definition) is 4. The van der Waals surface area contributed by atoms with Gasteiger partial charge in [-0.2, -0.15) is 0 Å². The molecule has 0 unspecified atom stereocenters. The summed E-state index contributed by atoms with van der Waals surface area (Å²) in [4.78, 5) is 26.2. The molecule has 1 aliphatic heterocycles. The third-order valence-corrected chi connectivity index (χ3v) is 4.31. The number of amides is 2. The largest absolute Gasteiger partial charge is 0.497 e. The van der Waals surface area contributed by atoms with Crippen molar-refractivity contribution in [3.8, 4) is 11.5 Å². The number of rotatable bonds is 6. The molecule has 0 saturated carbocycles. The van der Waals surface area contributed by atoms with Crippen molar-refractivity contribution in [3.05, 3.63) is 54.1 Å². The van der Waals surface area contributed by atoms with Crippen LogP contribution in [-0.4, -0.2) is 32.1 Å². The van der Waals surface area contributed by atoms with Crippen molar-refractivity contribution < 1.29 is 24.4 Å². The van der Waals surface area contributed by atoms with Crippen LogP contribution in [0.4, 0.5) is 5.69 Å². The van der Waals surface area contributed by atoms with Gasteiger partial charge in [-0.25, -0.2) is 4.90 Å². The van der Waals surface area contributed by atoms with Crippen molar-refractivity contribution >= 4 is 17.5 Å². The standard InChI is InChI=1S/C19H20N2O4/c1-24-15-7-3-13(4-8-15)12-20-17-11-18(22)21(19(17)23)14-5-9-16(25-2)10-6-14/h3-10,17,20H,11-12H2,1-2H3/p+1/t17-/m0/s1. The Kier molecular flexibility index (Phi) is 5.00. The molecule has 0 aromatic heterocycles. The summed E-state index contributed by atoms with van der Waals surface area (Å²) in [5, 5.41) is 1.91. The lowest BCUT2D eigenvalue weighted by Gasteiger charge is -2.14. The van der Waals surface area contributed by atoms with Gasteiger partial charge in [0, 0.05) is 5.56 Å². The van der Waals surface area contributed by atoms with Crippen molar-refractivity contribution in [1.29, 1.82) is 0 Å². The van der Waals surface area contributed by atoms with E-state index in [0.29, 0.717) is 18.0 Å². The first-order valence-electron chi connectivity index (χ1n) is 8.09. The molecule has 1 fully saturated rings. The molecule has 130 valence electrons. The fourth-order valence-electron chi connectivity index (χ4n) is 2.88. The lowest BCUT2D eigenvalue weighted by molar-refractivity contribution is -0.690. The Morgan fingerprint density at radius 2 is 1.52 bits per heavy atom. The first kappa shape index (κ1) is 17.0. The van der Waals surface area contributed by atoms with Crippen LogP contribution < -0.4 is 19.7 Å². The van der Waals surface area contributed by atoms with Crippen LogP contribution in [0.25, 0.3) is 0 Å². The minimum Gasteiger partial charge on any atom is -0.497 e. The molecule has 25 heavy (non-hydrogen) atoms. The van der Waals surface area contributed by atoms with Gasteiger partial charge in [0.25, 0.3) is 5.91 Å². The molecule has 1 heterocycles. The van der Waals surface area contributed by atoms with Crippen molar-refractivity contribution in [2.45, 2.75) is 19.0 Å². The Balaban J connectivity index is 1.65. The van der Waals surface area contributed by atoms with E-state index in [4.69, 9.17) is 9.47 Å². The van der Waals surface area contributed by atoms with Crippen molar-refractivity contribution in [2.75, 3.05) is 19.1 Å². The number of nitrogens with zero attached hydrogens (tertiary/aromatic N) is 1. The molecule has 6 nitrogen and oxygen atoms in total. The summed E-state index contributed by atoms with van der Waals surface area (Å²) in [6.07, 6.45) is 0.209. The predicted molar refractivity (Wildman–Crippen MR) is 92.5 cm³/mol. The molecule has 0 radical (unpaired) electrons. The highest BCUT2D eigenvalue weighted by Gasteiger charge is 2.42. The molecule has 1 saturated heterocycles. The third kappa shape index (κ3) is 3.64. The lowest BCUT2D eigenvalue weighted by Crippen LogP contribution is -2.90. The van der Waals surface area contributed by atoms with Gasteiger partial charge in [0.1, 0.15) is 18.0 Å². The Bertz CT molecular complexity index is 756. The number of quaternary nitrogens is 1. The maximum Gasteiger partial charge on any atom is 0.292 e. The highest BCUT2D eigenvalue weighted by atomic mass is 16.5. The van der Waals surface area contributed by atoms with Crippen LogP contribution in [-0.2, 0) is 16.1 Å². The van der Waals surface area contributed by atoms with Crippen LogP contribution in [0.15, 0.2) is 48.5 Å². The number of anilines is 1. The van der Waals surface area contributed by atoms with Gasteiger partial charge in [-0.05, 0) is 48.5 Å². The first-order valence-corrected chi connectivity index (χ1v) is 8.09. The second-order valence-corrected chi connectivity index (χ2v) is 5.86. The average molecular weight is 341 g/mol. The maximum absolute atomic E-state index is 12.6. The van der Waals surface area contributed by atoms with Crippen LogP contribution in [0.5, 0.6) is 11.5 Å². The van der Waals surface area contributed by atoms with Crippen molar-refractivity contribution in [1.82, 2.24) is 0 Å². The quantitative estimate of drug-likeness (QED) is 0.799. The highest BCUT2D eigenvalue weighted by molar-refractivity contribution is 6.21. The zero-order valence-corrected chi connectivity index (χ0v) is 14.3. The Morgan fingerprint density at radius 3 is 2.08 bits per heavy atom. The van der Waals surface area contributed by atoms with Crippen molar-refractivity contribution in [2.24, 2.45) is 0 Å². The Labute approximate surface area is 146 Å². The van der Waals surface area contributed by atoms with E-state index in [1.165, 1.54) is 4.90 Å². The second kappa shape index (κ2) is 7.36. The monoisotopic (exact) mass is 341 g/mol. The molecule has 2 amide bonds. The van der Waals surface area contributed by atoms with Gasteiger partial charge in [0.05, 0.1) is 26.3 Å². The average Bonchev–Trinajstić information content (AvgIpc) is 2.94. The first-order chi connectivity index (χ1) is 12.1. The summed E-state index contributed by atoms with van der Waals surface area (Å²) in [5.41, 5.74) is 1.65. The van der Waals surface area contributed by atoms with Gasteiger partial charge in [0.15, 0.2) is 6.04 Å². The number of hydrogen-bond donors (Lipinski definition) is 1. The Morgan fingerprint density at radius 1 is 0.960 bits per heavy atom. The second-order valence-electron chi connectivity index (χ2n) is 5.86. The number of benzene rings is 2. The molecular weight excluding hydrogens is 320 g/mol. The molecule has 2 N–H and O–H groups in total. The number of imide groups is 1. The zero-order chi connectivity index (χ0) is 17.8. The molecular formula is C19H21N2O4+. The molecule has 3 rings (SSSR count). The van der Waals surface area contributed by atoms with Gasteiger partial charge in [-0.15, -0.1) is 0 Å². The fourth-order valence-corrected chi connectivity index (χ4v) is 2.88. The Hall–Kier alpha value is -2.86. The van der Waals surface area contributed by atoms with E-state index in [9.17, 15) is 9.59 Å². The van der Waals surface area contributed by atoms with Gasteiger partial charge >= 0.3 is 0 Å². The van der Waals surface area contributed by atoms with Crippen LogP contribution in [0.1, 0.15) is 12.0 Å². The van der Waals surface area contributed by atoms with Crippen molar-refractivity contribution in [3.63, 3.8) is 0 Å². The zero-order valence-electron chi connectivity index (χ0n) is 14.3. The third-order valence-electron chi connectivity index (χ3n) is 4.31. The van der Waals surface area contributed by atoms with Crippen LogP contribution in [0.3, 0.4) is 0 Å². The van der Waals surface area contributed by atoms with E-state index in [-0.39, 0.29) is 18.2 Å². The molecule has 2 aromatic rings. The number of carbonyl (C=O) groups is 2. The molecule has 0 spiro atoms. The van der Waals surface area contributed by atoms with E-state index in [2.05, 4.69) is 0 Å². The molecule has 0 bridgehead atoms. The van der Waals surface area contributed by atoms with E-state index < -0.39 is 6.04 Å². The fraction of sp³-hybridized carbons (Fsp3) is 0.263. The summed E-state index contributed by atoms with van der Waals surface area (Å²) in [6, 6.07) is 14.2. The number of methoxy groups -OCH3 is 2. The highest BCUT2D eigenvalue weighted by Crippen LogP contribution is 2.24. The minimum absolute atomic E-state index is 0.175. The summed E-state index contributed by atoms with van der Waals surface area (Å²) < 4.78 is 10.2. The van der Waals surface area contributed by atoms with E-state index in [1.54, 1.807) is 38.5 Å². The van der Waals surface area contributed by atoms with Gasteiger partial charge < -0.3 is 14.8 Å². The SMILES string of the molecule is COc1ccc(C[NH2+][C@H]2CC(=O)N(c3ccc(OC)cc3)C2=O)cc1.